The number of ether oxygens (including phenoxy) is 1. The zero-order valence-corrected chi connectivity index (χ0v) is 12.0. The Kier molecular flexibility index (Phi) is 5.59. The van der Waals surface area contributed by atoms with Crippen molar-refractivity contribution in [2.75, 3.05) is 20.2 Å². The van der Waals surface area contributed by atoms with E-state index in [0.717, 1.165) is 18.8 Å². The van der Waals surface area contributed by atoms with E-state index < -0.39 is 0 Å². The zero-order valence-electron chi connectivity index (χ0n) is 12.0. The molecule has 0 unspecified atom stereocenters. The maximum atomic E-state index is 5.76. The molecule has 2 N–H and O–H groups in total. The number of hydrogen-bond donors (Lipinski definition) is 1. The summed E-state index contributed by atoms with van der Waals surface area (Å²) >= 11 is 0. The summed E-state index contributed by atoms with van der Waals surface area (Å²) in [6.07, 6.45) is 0. The number of likely N-dealkylation sites (N-methyl/N-ethyl adjacent to an activating group) is 1. The summed E-state index contributed by atoms with van der Waals surface area (Å²) in [5.41, 5.74) is 8.26. The molecule has 0 aliphatic heterocycles. The first-order chi connectivity index (χ1) is 9.79. The Morgan fingerprint density at radius 2 is 1.60 bits per heavy atom. The van der Waals surface area contributed by atoms with Gasteiger partial charge in [0.2, 0.25) is 0 Å². The van der Waals surface area contributed by atoms with E-state index in [-0.39, 0.29) is 0 Å². The summed E-state index contributed by atoms with van der Waals surface area (Å²) in [6, 6.07) is 18.2. The van der Waals surface area contributed by atoms with E-state index in [0.29, 0.717) is 13.2 Å². The number of nitrogens with two attached hydrogens (primary N) is 1. The minimum absolute atomic E-state index is 0.588. The maximum Gasteiger partial charge on any atom is 0.119 e. The van der Waals surface area contributed by atoms with Crippen LogP contribution in [0.3, 0.4) is 0 Å². The number of nitrogens with zero attached hydrogens (tertiary/aromatic N) is 1. The van der Waals surface area contributed by atoms with Gasteiger partial charge < -0.3 is 10.5 Å². The van der Waals surface area contributed by atoms with E-state index in [1.54, 1.807) is 0 Å². The lowest BCUT2D eigenvalue weighted by Crippen LogP contribution is -2.24. The van der Waals surface area contributed by atoms with Gasteiger partial charge in [0.1, 0.15) is 12.4 Å². The first-order valence-electron chi connectivity index (χ1n) is 6.93. The quantitative estimate of drug-likeness (QED) is 0.840. The Morgan fingerprint density at radius 3 is 2.30 bits per heavy atom. The molecule has 106 valence electrons. The molecule has 0 heterocycles. The van der Waals surface area contributed by atoms with Crippen molar-refractivity contribution in [3.05, 3.63) is 65.7 Å². The maximum absolute atomic E-state index is 5.76. The Hall–Kier alpha value is -1.84. The van der Waals surface area contributed by atoms with Gasteiger partial charge in [-0.15, -0.1) is 0 Å². The zero-order chi connectivity index (χ0) is 14.2. The van der Waals surface area contributed by atoms with Crippen LogP contribution < -0.4 is 10.5 Å². The molecular formula is C17H22N2O. The summed E-state index contributed by atoms with van der Waals surface area (Å²) in [5.74, 6) is 0.920. The van der Waals surface area contributed by atoms with Gasteiger partial charge in [-0.05, 0) is 30.3 Å². The Bertz CT molecular complexity index is 513. The molecule has 0 amide bonds. The van der Waals surface area contributed by atoms with Crippen LogP contribution in [0.2, 0.25) is 0 Å². The lowest BCUT2D eigenvalue weighted by molar-refractivity contribution is 0.232. The molecule has 0 spiro atoms. The smallest absolute Gasteiger partial charge is 0.119 e. The van der Waals surface area contributed by atoms with E-state index >= 15 is 0 Å². The third-order valence-electron chi connectivity index (χ3n) is 3.26. The first kappa shape index (κ1) is 14.6. The summed E-state index contributed by atoms with van der Waals surface area (Å²) < 4.78 is 5.70. The second-order valence-electron chi connectivity index (χ2n) is 4.87. The average Bonchev–Trinajstić information content (AvgIpc) is 2.49. The van der Waals surface area contributed by atoms with Crippen molar-refractivity contribution in [1.82, 2.24) is 4.90 Å². The van der Waals surface area contributed by atoms with E-state index in [1.165, 1.54) is 11.1 Å². The monoisotopic (exact) mass is 270 g/mol. The molecule has 3 nitrogen and oxygen atoms in total. The Labute approximate surface area is 121 Å². The van der Waals surface area contributed by atoms with Gasteiger partial charge in [0, 0.05) is 19.6 Å². The topological polar surface area (TPSA) is 38.5 Å². The molecule has 0 aromatic heterocycles. The molecule has 0 aliphatic carbocycles. The highest BCUT2D eigenvalue weighted by atomic mass is 16.5. The van der Waals surface area contributed by atoms with Gasteiger partial charge in [-0.1, -0.05) is 42.5 Å². The summed E-state index contributed by atoms with van der Waals surface area (Å²) in [6.45, 7) is 3.05. The number of hydrogen-bond acceptors (Lipinski definition) is 3. The van der Waals surface area contributed by atoms with Crippen molar-refractivity contribution in [3.8, 4) is 5.75 Å². The fourth-order valence-electron chi connectivity index (χ4n) is 2.12. The third kappa shape index (κ3) is 4.37. The highest BCUT2D eigenvalue weighted by Gasteiger charge is 2.04. The molecule has 0 saturated heterocycles. The van der Waals surface area contributed by atoms with Crippen LogP contribution in [0.4, 0.5) is 0 Å². The van der Waals surface area contributed by atoms with Crippen LogP contribution in [0.1, 0.15) is 11.1 Å². The molecule has 0 atom stereocenters. The van der Waals surface area contributed by atoms with Crippen LogP contribution >= 0.6 is 0 Å². The van der Waals surface area contributed by atoms with Crippen LogP contribution in [0.5, 0.6) is 5.75 Å². The lowest BCUT2D eigenvalue weighted by atomic mass is 10.1. The van der Waals surface area contributed by atoms with Gasteiger partial charge in [0.05, 0.1) is 0 Å². The molecule has 2 rings (SSSR count). The second-order valence-corrected chi connectivity index (χ2v) is 4.87. The number of para-hydroxylation sites is 1. The van der Waals surface area contributed by atoms with E-state index in [1.807, 2.05) is 36.4 Å². The Morgan fingerprint density at radius 1 is 0.950 bits per heavy atom. The lowest BCUT2D eigenvalue weighted by Gasteiger charge is -2.18. The molecule has 0 saturated carbocycles. The van der Waals surface area contributed by atoms with Gasteiger partial charge in [-0.2, -0.15) is 0 Å². The van der Waals surface area contributed by atoms with Crippen LogP contribution in [0, 0.1) is 0 Å². The first-order valence-corrected chi connectivity index (χ1v) is 6.93. The standard InChI is InChI=1S/C17H22N2O/c1-19(11-12-20-17-9-3-2-4-10-17)14-16-8-6-5-7-15(16)13-18/h2-10H,11-14,18H2,1H3. The van der Waals surface area contributed by atoms with Crippen molar-refractivity contribution in [2.24, 2.45) is 5.73 Å². The summed E-state index contributed by atoms with van der Waals surface area (Å²) in [4.78, 5) is 2.25. The molecule has 0 bridgehead atoms. The van der Waals surface area contributed by atoms with E-state index in [9.17, 15) is 0 Å². The van der Waals surface area contributed by atoms with Gasteiger partial charge in [0.25, 0.3) is 0 Å². The molecule has 2 aromatic rings. The third-order valence-corrected chi connectivity index (χ3v) is 3.26. The van der Waals surface area contributed by atoms with E-state index in [2.05, 4.69) is 30.1 Å². The van der Waals surface area contributed by atoms with E-state index in [4.69, 9.17) is 10.5 Å². The molecule has 0 radical (unpaired) electrons. The van der Waals surface area contributed by atoms with Crippen molar-refractivity contribution in [1.29, 1.82) is 0 Å². The minimum Gasteiger partial charge on any atom is -0.492 e. The molecule has 2 aromatic carbocycles. The second kappa shape index (κ2) is 7.68. The van der Waals surface area contributed by atoms with Crippen molar-refractivity contribution >= 4 is 0 Å². The molecule has 3 heteroatoms. The molecule has 0 fully saturated rings. The molecule has 0 aliphatic rings. The largest absolute Gasteiger partial charge is 0.492 e. The van der Waals surface area contributed by atoms with Crippen molar-refractivity contribution < 1.29 is 4.74 Å². The highest BCUT2D eigenvalue weighted by molar-refractivity contribution is 5.26. The highest BCUT2D eigenvalue weighted by Crippen LogP contribution is 2.11. The van der Waals surface area contributed by atoms with Crippen LogP contribution in [0.15, 0.2) is 54.6 Å². The normalized spacial score (nSPS) is 10.8. The van der Waals surface area contributed by atoms with Gasteiger partial charge >= 0.3 is 0 Å². The van der Waals surface area contributed by atoms with Gasteiger partial charge in [-0.3, -0.25) is 4.90 Å². The van der Waals surface area contributed by atoms with Crippen molar-refractivity contribution in [2.45, 2.75) is 13.1 Å². The molecular weight excluding hydrogens is 248 g/mol. The summed E-state index contributed by atoms with van der Waals surface area (Å²) in [5, 5.41) is 0. The average molecular weight is 270 g/mol. The van der Waals surface area contributed by atoms with Crippen LogP contribution in [-0.2, 0) is 13.1 Å². The van der Waals surface area contributed by atoms with Gasteiger partial charge in [0.15, 0.2) is 0 Å². The predicted octanol–water partition coefficient (Wildman–Crippen LogP) is 2.66. The van der Waals surface area contributed by atoms with Crippen molar-refractivity contribution in [3.63, 3.8) is 0 Å². The molecule has 20 heavy (non-hydrogen) atoms. The number of benzene rings is 2. The van der Waals surface area contributed by atoms with Gasteiger partial charge in [-0.25, -0.2) is 0 Å². The number of rotatable bonds is 7. The van der Waals surface area contributed by atoms with Crippen LogP contribution in [0.25, 0.3) is 0 Å². The Balaban J connectivity index is 1.79. The SMILES string of the molecule is CN(CCOc1ccccc1)Cc1ccccc1CN. The fraction of sp³-hybridized carbons (Fsp3) is 0.294. The minimum atomic E-state index is 0.588. The predicted molar refractivity (Wildman–Crippen MR) is 82.6 cm³/mol. The van der Waals surface area contributed by atoms with Crippen LogP contribution in [-0.4, -0.2) is 25.1 Å². The fourth-order valence-corrected chi connectivity index (χ4v) is 2.12. The summed E-state index contributed by atoms with van der Waals surface area (Å²) in [7, 11) is 2.10.